The van der Waals surface area contributed by atoms with Gasteiger partial charge in [0.25, 0.3) is 0 Å². The van der Waals surface area contributed by atoms with Crippen molar-refractivity contribution in [2.24, 2.45) is 0 Å². The Balaban J connectivity index is 1.01. The quantitative estimate of drug-likeness (QED) is 0.167. The molecule has 5 heteroatoms. The molecule has 0 fully saturated rings. The first-order chi connectivity index (χ1) is 34.2. The zero-order valence-electron chi connectivity index (χ0n) is 37.3. The van der Waals surface area contributed by atoms with E-state index in [1.54, 1.807) is 0 Å². The average Bonchev–Trinajstić information content (AvgIpc) is 3.91. The lowest BCUT2D eigenvalue weighted by Crippen LogP contribution is -2.32. The monoisotopic (exact) mass is 880 g/mol. The van der Waals surface area contributed by atoms with Crippen LogP contribution in [-0.2, 0) is 5.41 Å². The van der Waals surface area contributed by atoms with Gasteiger partial charge in [-0.15, -0.1) is 0 Å². The zero-order chi connectivity index (χ0) is 45.5. The molecule has 14 rings (SSSR count). The molecule has 1 aliphatic heterocycles. The first-order valence-electron chi connectivity index (χ1n) is 23.4. The van der Waals surface area contributed by atoms with E-state index in [1.165, 1.54) is 22.1 Å². The smallest absolute Gasteiger partial charge is 0.164 e. The standard InChI is InChI=1S/C64H40N4O/c1-4-17-41(18-5-1)42-31-33-43(34-32-42)45-35-37-52-51(39-45)60-49(24-16-27-55(60)64(52)53-25-11-14-29-58(53)69-59-30-15-12-26-54(59)64)63-66-61(44-19-6-2-7-20-44)65-62(67-63)46-36-38-57-50(40-46)48-23-10-13-28-56(48)68(57)47-21-8-3-9-22-47/h1-40H. The van der Waals surface area contributed by atoms with Crippen LogP contribution in [0.2, 0.25) is 0 Å². The lowest BCUT2D eigenvalue weighted by Gasteiger charge is -2.39. The van der Waals surface area contributed by atoms with Gasteiger partial charge in [-0.05, 0) is 99.1 Å². The van der Waals surface area contributed by atoms with Gasteiger partial charge in [0, 0.05) is 44.3 Å². The van der Waals surface area contributed by atoms with Crippen molar-refractivity contribution in [2.45, 2.75) is 5.41 Å². The largest absolute Gasteiger partial charge is 0.457 e. The molecule has 322 valence electrons. The molecule has 3 heterocycles. The van der Waals surface area contributed by atoms with Crippen LogP contribution in [-0.4, -0.2) is 19.5 Å². The zero-order valence-corrected chi connectivity index (χ0v) is 37.3. The third-order valence-electron chi connectivity index (χ3n) is 14.1. The van der Waals surface area contributed by atoms with Crippen LogP contribution in [0.15, 0.2) is 243 Å². The molecule has 0 amide bonds. The summed E-state index contributed by atoms with van der Waals surface area (Å²) in [5.74, 6) is 3.52. The maximum atomic E-state index is 6.73. The van der Waals surface area contributed by atoms with Gasteiger partial charge in [-0.25, -0.2) is 15.0 Å². The number of benzene rings is 10. The molecule has 0 saturated carbocycles. The topological polar surface area (TPSA) is 52.8 Å². The minimum atomic E-state index is -0.683. The van der Waals surface area contributed by atoms with Crippen molar-refractivity contribution in [1.29, 1.82) is 0 Å². The van der Waals surface area contributed by atoms with E-state index in [4.69, 9.17) is 19.7 Å². The van der Waals surface area contributed by atoms with Gasteiger partial charge in [0.05, 0.1) is 16.4 Å². The van der Waals surface area contributed by atoms with Crippen LogP contribution in [0.25, 0.3) is 95.0 Å². The fraction of sp³-hybridized carbons (Fsp3) is 0.0156. The second kappa shape index (κ2) is 15.4. The normalized spacial score (nSPS) is 12.9. The van der Waals surface area contributed by atoms with Gasteiger partial charge in [0.15, 0.2) is 17.5 Å². The van der Waals surface area contributed by atoms with E-state index in [-0.39, 0.29) is 0 Å². The predicted molar refractivity (Wildman–Crippen MR) is 279 cm³/mol. The predicted octanol–water partition coefficient (Wildman–Crippen LogP) is 15.8. The average molecular weight is 881 g/mol. The van der Waals surface area contributed by atoms with Crippen LogP contribution in [0.4, 0.5) is 0 Å². The second-order valence-corrected chi connectivity index (χ2v) is 17.9. The van der Waals surface area contributed by atoms with Gasteiger partial charge in [0.2, 0.25) is 0 Å². The maximum absolute atomic E-state index is 6.73. The summed E-state index contributed by atoms with van der Waals surface area (Å²) in [7, 11) is 0. The van der Waals surface area contributed by atoms with E-state index in [0.717, 1.165) is 89.2 Å². The molecule has 0 N–H and O–H groups in total. The number of aromatic nitrogens is 4. The van der Waals surface area contributed by atoms with E-state index >= 15 is 0 Å². The van der Waals surface area contributed by atoms with Gasteiger partial charge in [-0.3, -0.25) is 0 Å². The number of rotatable bonds is 6. The van der Waals surface area contributed by atoms with Crippen LogP contribution in [0.1, 0.15) is 22.3 Å². The third-order valence-corrected chi connectivity index (χ3v) is 14.1. The maximum Gasteiger partial charge on any atom is 0.164 e. The van der Waals surface area contributed by atoms with Crippen LogP contribution in [0, 0.1) is 0 Å². The molecule has 0 saturated heterocycles. The van der Waals surface area contributed by atoms with Gasteiger partial charge in [-0.1, -0.05) is 188 Å². The minimum absolute atomic E-state index is 0.608. The molecule has 1 aliphatic carbocycles. The minimum Gasteiger partial charge on any atom is -0.457 e. The number of ether oxygens (including phenoxy) is 1. The van der Waals surface area contributed by atoms with Crippen molar-refractivity contribution in [2.75, 3.05) is 0 Å². The van der Waals surface area contributed by atoms with Crippen molar-refractivity contribution in [1.82, 2.24) is 19.5 Å². The molecule has 2 aliphatic rings. The van der Waals surface area contributed by atoms with Crippen molar-refractivity contribution in [3.8, 4) is 84.7 Å². The Bertz CT molecular complexity index is 3930. The van der Waals surface area contributed by atoms with Crippen LogP contribution < -0.4 is 4.74 Å². The summed E-state index contributed by atoms with van der Waals surface area (Å²) in [5, 5.41) is 2.30. The summed E-state index contributed by atoms with van der Waals surface area (Å²) >= 11 is 0. The number of hydrogen-bond donors (Lipinski definition) is 0. The van der Waals surface area contributed by atoms with Crippen molar-refractivity contribution in [3.63, 3.8) is 0 Å². The molecule has 69 heavy (non-hydrogen) atoms. The number of nitrogens with zero attached hydrogens (tertiary/aromatic N) is 4. The van der Waals surface area contributed by atoms with Gasteiger partial charge >= 0.3 is 0 Å². The fourth-order valence-electron chi connectivity index (χ4n) is 11.1. The van der Waals surface area contributed by atoms with E-state index in [0.29, 0.717) is 17.5 Å². The molecule has 0 radical (unpaired) electrons. The molecule has 2 aromatic heterocycles. The van der Waals surface area contributed by atoms with Crippen molar-refractivity contribution >= 4 is 21.8 Å². The lowest BCUT2D eigenvalue weighted by molar-refractivity contribution is 0.436. The summed E-state index contributed by atoms with van der Waals surface area (Å²) in [5.41, 5.74) is 16.9. The molecular formula is C64H40N4O. The van der Waals surface area contributed by atoms with Crippen molar-refractivity contribution in [3.05, 3.63) is 265 Å². The van der Waals surface area contributed by atoms with Gasteiger partial charge < -0.3 is 9.30 Å². The number of para-hydroxylation sites is 4. The Labute approximate surface area is 399 Å². The van der Waals surface area contributed by atoms with E-state index in [9.17, 15) is 0 Å². The highest BCUT2D eigenvalue weighted by atomic mass is 16.5. The van der Waals surface area contributed by atoms with Crippen LogP contribution in [0.3, 0.4) is 0 Å². The Morgan fingerprint density at radius 1 is 0.319 bits per heavy atom. The molecular weight excluding hydrogens is 841 g/mol. The highest BCUT2D eigenvalue weighted by Crippen LogP contribution is 2.63. The number of hydrogen-bond acceptors (Lipinski definition) is 4. The van der Waals surface area contributed by atoms with Crippen LogP contribution in [0.5, 0.6) is 11.5 Å². The summed E-state index contributed by atoms with van der Waals surface area (Å²) in [6, 6.07) is 86.1. The van der Waals surface area contributed by atoms with E-state index in [1.807, 2.05) is 18.2 Å². The Morgan fingerprint density at radius 2 is 0.841 bits per heavy atom. The second-order valence-electron chi connectivity index (χ2n) is 17.9. The molecule has 0 bridgehead atoms. The molecule has 0 atom stereocenters. The number of fused-ring (bicyclic) bond motifs is 12. The molecule has 12 aromatic rings. The summed E-state index contributed by atoms with van der Waals surface area (Å²) < 4.78 is 9.06. The molecule has 5 nitrogen and oxygen atoms in total. The first kappa shape index (κ1) is 39.0. The van der Waals surface area contributed by atoms with E-state index < -0.39 is 5.41 Å². The van der Waals surface area contributed by atoms with Gasteiger partial charge in [0.1, 0.15) is 11.5 Å². The third kappa shape index (κ3) is 6.00. The molecule has 1 spiro atoms. The molecule has 10 aromatic carbocycles. The highest BCUT2D eigenvalue weighted by Gasteiger charge is 2.52. The Hall–Kier alpha value is -9.19. The lowest BCUT2D eigenvalue weighted by atomic mass is 9.66. The molecule has 0 unspecified atom stereocenters. The van der Waals surface area contributed by atoms with Crippen LogP contribution >= 0.6 is 0 Å². The summed E-state index contributed by atoms with van der Waals surface area (Å²) in [6.07, 6.45) is 0. The Kier molecular flexibility index (Phi) is 8.73. The highest BCUT2D eigenvalue weighted by molar-refractivity contribution is 6.10. The fourth-order valence-corrected chi connectivity index (χ4v) is 11.1. The Morgan fingerprint density at radius 3 is 1.57 bits per heavy atom. The summed E-state index contributed by atoms with van der Waals surface area (Å²) in [4.78, 5) is 16.2. The summed E-state index contributed by atoms with van der Waals surface area (Å²) in [6.45, 7) is 0. The van der Waals surface area contributed by atoms with Gasteiger partial charge in [-0.2, -0.15) is 0 Å². The van der Waals surface area contributed by atoms with Crippen molar-refractivity contribution < 1.29 is 4.74 Å². The first-order valence-corrected chi connectivity index (χ1v) is 23.4. The van der Waals surface area contributed by atoms with E-state index in [2.05, 4.69) is 229 Å². The SMILES string of the molecule is c1ccc(-c2ccc(-c3ccc4c(c3)-c3c(-c5nc(-c6ccccc6)nc(-c6ccc7c(c6)c6ccccc6n7-c6ccccc6)n5)cccc3C43c4ccccc4Oc4ccccc43)cc2)cc1.